The van der Waals surface area contributed by atoms with Gasteiger partial charge >= 0.3 is 0 Å². The molecule has 3 aromatic heterocycles. The molecule has 3 N–H and O–H groups in total. The van der Waals surface area contributed by atoms with Crippen LogP contribution in [-0.2, 0) is 0 Å². The molecule has 28 heavy (non-hydrogen) atoms. The zero-order valence-corrected chi connectivity index (χ0v) is 15.2. The van der Waals surface area contributed by atoms with E-state index >= 15 is 0 Å². The van der Waals surface area contributed by atoms with Crippen molar-refractivity contribution in [1.29, 1.82) is 0 Å². The lowest BCUT2D eigenvalue weighted by Crippen LogP contribution is -2.15. The normalized spacial score (nSPS) is 15.2. The standard InChI is InChI=1S/C10H13N5.C9H8N2O2/c1-2-4-7(3-1)14-9-8-5-13-15-10(8)12-6-11-9;12-8(9-10-6-13-11-9)7-4-2-1-3-5-7/h5-7H,1-4H2,(H2,11,12,13,14,15);1-6,8,12H. The predicted octanol–water partition coefficient (Wildman–Crippen LogP) is 2.86. The first-order valence-corrected chi connectivity index (χ1v) is 9.21. The van der Waals surface area contributed by atoms with E-state index in [1.54, 1.807) is 24.7 Å². The van der Waals surface area contributed by atoms with Gasteiger partial charge in [-0.25, -0.2) is 9.97 Å². The van der Waals surface area contributed by atoms with Gasteiger partial charge in [0.25, 0.3) is 0 Å². The molecule has 9 heteroatoms. The van der Waals surface area contributed by atoms with E-state index in [1.165, 1.54) is 32.1 Å². The van der Waals surface area contributed by atoms with Crippen LogP contribution >= 0.6 is 0 Å². The summed E-state index contributed by atoms with van der Waals surface area (Å²) in [4.78, 5) is 12.1. The second-order valence-corrected chi connectivity index (χ2v) is 6.58. The number of hydrogen-bond donors (Lipinski definition) is 3. The van der Waals surface area contributed by atoms with Gasteiger partial charge in [0.05, 0.1) is 11.6 Å². The van der Waals surface area contributed by atoms with Gasteiger partial charge in [0.1, 0.15) is 18.2 Å². The average Bonchev–Trinajstić information content (AvgIpc) is 3.50. The highest BCUT2D eigenvalue weighted by atomic mass is 16.5. The van der Waals surface area contributed by atoms with E-state index in [9.17, 15) is 5.11 Å². The Labute approximate surface area is 161 Å². The van der Waals surface area contributed by atoms with E-state index in [0.29, 0.717) is 6.04 Å². The topological polar surface area (TPSA) is 126 Å². The molecule has 0 spiro atoms. The Bertz CT molecular complexity index is 982. The largest absolute Gasteiger partial charge is 0.380 e. The second-order valence-electron chi connectivity index (χ2n) is 6.58. The molecule has 5 rings (SSSR count). The number of nitrogens with zero attached hydrogens (tertiary/aromatic N) is 5. The minimum absolute atomic E-state index is 0.284. The van der Waals surface area contributed by atoms with Crippen LogP contribution in [0.5, 0.6) is 0 Å². The highest BCUT2D eigenvalue weighted by Crippen LogP contribution is 2.24. The Kier molecular flexibility index (Phi) is 5.53. The van der Waals surface area contributed by atoms with Crippen molar-refractivity contribution in [2.24, 2.45) is 0 Å². The van der Waals surface area contributed by atoms with E-state index in [-0.39, 0.29) is 5.82 Å². The monoisotopic (exact) mass is 379 g/mol. The molecule has 9 nitrogen and oxygen atoms in total. The van der Waals surface area contributed by atoms with Crippen molar-refractivity contribution >= 4 is 16.9 Å². The second kappa shape index (κ2) is 8.57. The number of aromatic amines is 1. The van der Waals surface area contributed by atoms with Crippen LogP contribution in [0.4, 0.5) is 5.82 Å². The zero-order chi connectivity index (χ0) is 19.2. The van der Waals surface area contributed by atoms with Crippen molar-refractivity contribution in [1.82, 2.24) is 30.3 Å². The highest BCUT2D eigenvalue weighted by Gasteiger charge is 2.16. The molecular weight excluding hydrogens is 358 g/mol. The first-order chi connectivity index (χ1) is 13.8. The summed E-state index contributed by atoms with van der Waals surface area (Å²) in [5.74, 6) is 1.19. The van der Waals surface area contributed by atoms with Crippen molar-refractivity contribution in [2.45, 2.75) is 37.8 Å². The minimum Gasteiger partial charge on any atom is -0.380 e. The van der Waals surface area contributed by atoms with Crippen LogP contribution in [-0.4, -0.2) is 41.5 Å². The molecule has 0 bridgehead atoms. The molecule has 144 valence electrons. The molecule has 1 atom stereocenters. The van der Waals surface area contributed by atoms with Crippen molar-refractivity contribution < 1.29 is 9.63 Å². The summed E-state index contributed by atoms with van der Waals surface area (Å²) >= 11 is 0. The first kappa shape index (κ1) is 18.1. The molecule has 1 aliphatic carbocycles. The SMILES string of the molecule is OC(c1ccccc1)c1ncon1.c1nc(NC2CCCC2)c2cn[nH]c2n1. The number of aliphatic hydroxyl groups excluding tert-OH is 1. The van der Waals surface area contributed by atoms with E-state index in [4.69, 9.17) is 0 Å². The third-order valence-electron chi connectivity index (χ3n) is 4.68. The first-order valence-electron chi connectivity index (χ1n) is 9.21. The lowest BCUT2D eigenvalue weighted by molar-refractivity contribution is 0.204. The van der Waals surface area contributed by atoms with Crippen LogP contribution in [0, 0.1) is 0 Å². The van der Waals surface area contributed by atoms with Gasteiger partial charge in [-0.15, -0.1) is 0 Å². The van der Waals surface area contributed by atoms with Gasteiger partial charge in [-0.1, -0.05) is 48.3 Å². The number of rotatable bonds is 4. The van der Waals surface area contributed by atoms with Crippen LogP contribution < -0.4 is 5.32 Å². The molecule has 3 heterocycles. The molecule has 0 saturated heterocycles. The Morgan fingerprint density at radius 2 is 1.93 bits per heavy atom. The quantitative estimate of drug-likeness (QED) is 0.494. The number of hydrogen-bond acceptors (Lipinski definition) is 8. The Morgan fingerprint density at radius 3 is 2.68 bits per heavy atom. The molecule has 0 radical (unpaired) electrons. The summed E-state index contributed by atoms with van der Waals surface area (Å²) in [7, 11) is 0. The van der Waals surface area contributed by atoms with E-state index in [2.05, 4.69) is 40.1 Å². The predicted molar refractivity (Wildman–Crippen MR) is 102 cm³/mol. The maximum Gasteiger partial charge on any atom is 0.213 e. The van der Waals surface area contributed by atoms with Crippen molar-refractivity contribution in [2.75, 3.05) is 5.32 Å². The molecule has 1 fully saturated rings. The maximum atomic E-state index is 9.70. The van der Waals surface area contributed by atoms with E-state index < -0.39 is 6.10 Å². The van der Waals surface area contributed by atoms with Crippen LogP contribution in [0.2, 0.25) is 0 Å². The van der Waals surface area contributed by atoms with Crippen LogP contribution in [0.15, 0.2) is 53.8 Å². The molecule has 1 aromatic carbocycles. The fraction of sp³-hybridized carbons (Fsp3) is 0.316. The van der Waals surface area contributed by atoms with Crippen LogP contribution in [0.25, 0.3) is 11.0 Å². The highest BCUT2D eigenvalue weighted by molar-refractivity contribution is 5.85. The number of nitrogens with one attached hydrogen (secondary N) is 2. The molecule has 0 amide bonds. The molecule has 4 aromatic rings. The lowest BCUT2D eigenvalue weighted by Gasteiger charge is -2.12. The number of aliphatic hydroxyl groups is 1. The Balaban J connectivity index is 0.000000139. The smallest absolute Gasteiger partial charge is 0.213 e. The van der Waals surface area contributed by atoms with Crippen LogP contribution in [0.1, 0.15) is 43.2 Å². The number of aromatic nitrogens is 6. The van der Waals surface area contributed by atoms with Gasteiger partial charge in [0.2, 0.25) is 12.2 Å². The number of benzene rings is 1. The molecule has 1 aliphatic rings. The van der Waals surface area contributed by atoms with Gasteiger partial charge in [-0.05, 0) is 18.4 Å². The summed E-state index contributed by atoms with van der Waals surface area (Å²) in [6, 6.07) is 9.75. The lowest BCUT2D eigenvalue weighted by atomic mass is 10.1. The summed E-state index contributed by atoms with van der Waals surface area (Å²) < 4.78 is 4.54. The summed E-state index contributed by atoms with van der Waals surface area (Å²) in [5.41, 5.74) is 1.55. The van der Waals surface area contributed by atoms with Crippen molar-refractivity contribution in [3.05, 3.63) is 60.6 Å². The average molecular weight is 379 g/mol. The third-order valence-corrected chi connectivity index (χ3v) is 4.68. The van der Waals surface area contributed by atoms with Crippen LogP contribution in [0.3, 0.4) is 0 Å². The maximum absolute atomic E-state index is 9.70. The summed E-state index contributed by atoms with van der Waals surface area (Å²) in [6.45, 7) is 0. The van der Waals surface area contributed by atoms with Gasteiger partial charge < -0.3 is 14.9 Å². The molecular formula is C19H21N7O2. The number of fused-ring (bicyclic) bond motifs is 1. The molecule has 1 saturated carbocycles. The van der Waals surface area contributed by atoms with Gasteiger partial charge in [0.15, 0.2) is 5.65 Å². The number of H-pyrrole nitrogens is 1. The summed E-state index contributed by atoms with van der Waals surface area (Å²) in [6.07, 6.45) is 8.84. The van der Waals surface area contributed by atoms with Crippen molar-refractivity contribution in [3.8, 4) is 0 Å². The van der Waals surface area contributed by atoms with E-state index in [1.807, 2.05) is 18.2 Å². The minimum atomic E-state index is -0.806. The van der Waals surface area contributed by atoms with Crippen molar-refractivity contribution in [3.63, 3.8) is 0 Å². The number of anilines is 1. The molecule has 0 aliphatic heterocycles. The Morgan fingerprint density at radius 1 is 1.11 bits per heavy atom. The fourth-order valence-corrected chi connectivity index (χ4v) is 3.23. The third kappa shape index (κ3) is 4.15. The fourth-order valence-electron chi connectivity index (χ4n) is 3.23. The zero-order valence-electron chi connectivity index (χ0n) is 15.2. The molecule has 1 unspecified atom stereocenters. The van der Waals surface area contributed by atoms with Gasteiger partial charge in [-0.2, -0.15) is 10.1 Å². The van der Waals surface area contributed by atoms with Gasteiger partial charge in [-0.3, -0.25) is 5.10 Å². The summed E-state index contributed by atoms with van der Waals surface area (Å²) in [5, 5.41) is 24.5. The Hall–Kier alpha value is -3.33. The van der Waals surface area contributed by atoms with Gasteiger partial charge in [0, 0.05) is 6.04 Å². The van der Waals surface area contributed by atoms with E-state index in [0.717, 1.165) is 22.4 Å².